The first kappa shape index (κ1) is 113. The van der Waals surface area contributed by atoms with E-state index in [0.29, 0.717) is 81.1 Å². The minimum absolute atomic E-state index is 0. The highest BCUT2D eigenvalue weighted by atomic mass is 79.9. The topological polar surface area (TPSA) is 258 Å². The summed E-state index contributed by atoms with van der Waals surface area (Å²) in [6.07, 6.45) is -0.288. The number of nitrogens with two attached hydrogens (primary N) is 1. The fourth-order valence-electron chi connectivity index (χ4n) is 13.7. The van der Waals surface area contributed by atoms with E-state index < -0.39 is 40.0 Å². The van der Waals surface area contributed by atoms with E-state index in [1.54, 1.807) is 131 Å². The van der Waals surface area contributed by atoms with Crippen LogP contribution in [0.1, 0.15) is 116 Å². The van der Waals surface area contributed by atoms with Gasteiger partial charge < -0.3 is 49.0 Å². The number of ether oxygens (including phenoxy) is 3. The Morgan fingerprint density at radius 1 is 0.425 bits per heavy atom. The number of hydrogen-bond donors (Lipinski definition) is 3. The second-order valence-corrected chi connectivity index (χ2v) is 47.4. The van der Waals surface area contributed by atoms with Crippen LogP contribution in [0.5, 0.6) is 0 Å². The molecule has 1 unspecified atom stereocenters. The van der Waals surface area contributed by atoms with Gasteiger partial charge in [0.2, 0.25) is 0 Å². The number of nitrogen functional groups attached to an aromatic ring is 1. The Kier molecular flexibility index (Phi) is 46.9. The first-order valence-corrected chi connectivity index (χ1v) is 54.0. The molecule has 134 heavy (non-hydrogen) atoms. The van der Waals surface area contributed by atoms with E-state index in [4.69, 9.17) is 120 Å². The fraction of sp³-hybridized carbons (Fsp3) is 0.265. The van der Waals surface area contributed by atoms with Gasteiger partial charge in [-0.05, 0) is 310 Å². The van der Waals surface area contributed by atoms with Gasteiger partial charge in [0.05, 0.1) is 67.0 Å². The van der Waals surface area contributed by atoms with Crippen molar-refractivity contribution in [2.45, 2.75) is 119 Å². The summed E-state index contributed by atoms with van der Waals surface area (Å²) in [5.41, 5.74) is 19.5. The van der Waals surface area contributed by atoms with Gasteiger partial charge in [-0.15, -0.1) is 12.4 Å². The minimum atomic E-state index is -1.14. The zero-order valence-electron chi connectivity index (χ0n) is 76.4. The summed E-state index contributed by atoms with van der Waals surface area (Å²) >= 11 is 56.1. The van der Waals surface area contributed by atoms with Crippen LogP contribution in [-0.2, 0) is 33.4 Å². The molecule has 2 saturated heterocycles. The van der Waals surface area contributed by atoms with Crippen LogP contribution < -0.4 is 11.1 Å². The standard InChI is InChI=1S/C24H26Cl2N2OSi.C20H17Cl2NO2.C18H13Cl2NO2.C14H15ClO4.C8H6BrClO.C6H6ClN.C6H15NSi.C6H10O3.ClH/c1-17-22(24(29)27-12-14-30(2,3)15-13-27)16-23(18-4-6-19(25)7-5-18)28(17)21-10-8-20(26)9-11-21;1-3-25-20(24)18-12-19(14-4-6-15(21)7-5-14)23(13(18)2)17-10-8-16(22)9-11-17;1-11-16(18(22)23)10-17(12-2-4-13(19)5-3-12)21(11)15-8-6-14(20)7-9-15;1-3-19-14(18)12(9(2)16)8-13(17)10-4-6-11(15)7-5-10;9-5-8(11)6-1-3-7(10)4-2-6;7-5-1-3-6(8)4-2-5;1-8(2)5-3-7-4-6-8;1-3-9-6(8)4-5(2)7;/h4-11,16H,12-15H2,1-3H3;4-12H,3H2,1-2H3;2-10H,1H3,(H,22,23);4-7,12H,3,8H2,1-2H3;1-4H,5H2;1-4H,8H2;7H,3-6H2,1-2H3;3-4H2,1-2H3;1H. The molecule has 12 aromatic rings. The summed E-state index contributed by atoms with van der Waals surface area (Å²) in [5, 5.41) is 19.0. The van der Waals surface area contributed by atoms with Gasteiger partial charge in [-0.25, -0.2) is 9.59 Å². The number of nitrogens with one attached hydrogen (secondary N) is 1. The molecule has 0 spiro atoms. The second-order valence-electron chi connectivity index (χ2n) is 32.3. The van der Waals surface area contributed by atoms with E-state index in [0.717, 1.165) is 91.6 Å². The lowest BCUT2D eigenvalue weighted by molar-refractivity contribution is -0.151. The summed E-state index contributed by atoms with van der Waals surface area (Å²) in [6, 6.07) is 76.1. The monoisotopic (exact) mass is 2110 g/mol. The van der Waals surface area contributed by atoms with Crippen LogP contribution in [0, 0.1) is 26.7 Å². The normalized spacial score (nSPS) is 12.7. The molecule has 2 fully saturated rings. The Balaban J connectivity index is 0.000000245. The molecule has 1 amide bonds. The van der Waals surface area contributed by atoms with Crippen LogP contribution in [0.25, 0.3) is 50.8 Å². The number of anilines is 1. The van der Waals surface area contributed by atoms with Crippen LogP contribution >= 0.6 is 133 Å². The number of hydrogen-bond acceptors (Lipinski definition) is 14. The molecule has 0 saturated carbocycles. The molecule has 3 aromatic heterocycles. The lowest BCUT2D eigenvalue weighted by atomic mass is 9.95. The molecule has 2 aliphatic heterocycles. The number of amides is 1. The second kappa shape index (κ2) is 55.6. The number of aromatic nitrogens is 3. The zero-order valence-corrected chi connectivity index (χ0v) is 87.6. The molecule has 0 bridgehead atoms. The number of aromatic carboxylic acids is 1. The molecule has 32 heteroatoms. The number of ketones is 4. The molecular weight excluding hydrogens is 2010 g/mol. The van der Waals surface area contributed by atoms with Gasteiger partial charge in [0.15, 0.2) is 11.6 Å². The number of alkyl halides is 1. The Morgan fingerprint density at radius 2 is 0.731 bits per heavy atom. The van der Waals surface area contributed by atoms with E-state index in [9.17, 15) is 48.3 Å². The molecule has 19 nitrogen and oxygen atoms in total. The number of Topliss-reactive ketones (excluding diaryl/α,β-unsaturated/α-hetero) is 4. The first-order valence-electron chi connectivity index (χ1n) is 42.7. The average molecular weight is 2120 g/mol. The van der Waals surface area contributed by atoms with Gasteiger partial charge in [-0.3, -0.25) is 33.6 Å². The third kappa shape index (κ3) is 35.5. The van der Waals surface area contributed by atoms with Crippen LogP contribution in [0.15, 0.2) is 237 Å². The van der Waals surface area contributed by atoms with Crippen molar-refractivity contribution < 1.29 is 62.5 Å². The maximum atomic E-state index is 13.5. The van der Waals surface area contributed by atoms with Crippen LogP contribution in [-0.4, -0.2) is 144 Å². The largest absolute Gasteiger partial charge is 0.478 e. The zero-order chi connectivity index (χ0) is 98.0. The predicted octanol–water partition coefficient (Wildman–Crippen LogP) is 28.1. The number of esters is 3. The molecule has 0 aliphatic carbocycles. The van der Waals surface area contributed by atoms with E-state index >= 15 is 0 Å². The number of benzene rings is 9. The summed E-state index contributed by atoms with van der Waals surface area (Å²) in [7, 11) is -1.79. The van der Waals surface area contributed by atoms with Gasteiger partial charge >= 0.3 is 23.9 Å². The van der Waals surface area contributed by atoms with Crippen LogP contribution in [0.2, 0.25) is 95.6 Å². The summed E-state index contributed by atoms with van der Waals surface area (Å²) in [4.78, 5) is 106. The summed E-state index contributed by atoms with van der Waals surface area (Å²) < 4.78 is 20.5. The van der Waals surface area contributed by atoms with Gasteiger partial charge in [0, 0.05) is 124 Å². The lowest BCUT2D eigenvalue weighted by Crippen LogP contribution is -2.45. The van der Waals surface area contributed by atoms with Gasteiger partial charge in [-0.2, -0.15) is 0 Å². The highest BCUT2D eigenvalue weighted by Gasteiger charge is 2.33. The Bertz CT molecular complexity index is 5870. The number of halogens is 11. The number of carboxylic acid groups (broad SMARTS) is 1. The summed E-state index contributed by atoms with van der Waals surface area (Å²) in [6.45, 7) is 28.4. The van der Waals surface area contributed by atoms with Crippen molar-refractivity contribution in [3.63, 3.8) is 0 Å². The summed E-state index contributed by atoms with van der Waals surface area (Å²) in [5.74, 6) is -4.04. The van der Waals surface area contributed by atoms with E-state index in [1.807, 2.05) is 161 Å². The smallest absolute Gasteiger partial charge is 0.339 e. The molecule has 4 N–H and O–H groups in total. The lowest BCUT2D eigenvalue weighted by Gasteiger charge is -2.35. The molecule has 9 aromatic carbocycles. The van der Waals surface area contributed by atoms with Crippen molar-refractivity contribution in [1.82, 2.24) is 23.9 Å². The van der Waals surface area contributed by atoms with E-state index in [2.05, 4.69) is 56.7 Å². The molecule has 14 rings (SSSR count). The number of carbonyl (C=O) groups is 9. The molecular formula is C102H109BrCl10N6O13Si2. The maximum absolute atomic E-state index is 13.5. The number of nitrogens with zero attached hydrogens (tertiary/aromatic N) is 4. The fourth-order valence-corrected chi connectivity index (χ4v) is 19.1. The van der Waals surface area contributed by atoms with Crippen molar-refractivity contribution in [2.24, 2.45) is 5.92 Å². The molecule has 0 radical (unpaired) electrons. The van der Waals surface area contributed by atoms with E-state index in [1.165, 1.54) is 51.1 Å². The maximum Gasteiger partial charge on any atom is 0.339 e. The van der Waals surface area contributed by atoms with Crippen molar-refractivity contribution >= 4 is 207 Å². The number of carbonyl (C=O) groups excluding carboxylic acids is 8. The van der Waals surface area contributed by atoms with Crippen LogP contribution in [0.4, 0.5) is 5.69 Å². The highest BCUT2D eigenvalue weighted by Crippen LogP contribution is 2.37. The minimum Gasteiger partial charge on any atom is -0.478 e. The first-order chi connectivity index (χ1) is 63.1. The Labute approximate surface area is 845 Å². The quantitative estimate of drug-likeness (QED) is 0.0115. The number of carboxylic acids is 1. The van der Waals surface area contributed by atoms with E-state index in [-0.39, 0.29) is 72.4 Å². The predicted molar refractivity (Wildman–Crippen MR) is 560 cm³/mol. The average Bonchev–Trinajstić information content (AvgIpc) is 1.65. The van der Waals surface area contributed by atoms with Gasteiger partial charge in [0.1, 0.15) is 23.9 Å². The molecule has 710 valence electrons. The third-order valence-corrected chi connectivity index (χ3v) is 30.3. The third-order valence-electron chi connectivity index (χ3n) is 21.2. The Hall–Kier alpha value is -9.58. The highest BCUT2D eigenvalue weighted by molar-refractivity contribution is 9.09. The molecule has 2 aliphatic rings. The van der Waals surface area contributed by atoms with Crippen molar-refractivity contribution in [2.75, 3.05) is 57.1 Å². The molecule has 5 heterocycles. The van der Waals surface area contributed by atoms with Gasteiger partial charge in [-0.1, -0.05) is 183 Å². The SMILES string of the molecule is CCOC(=O)C(CC(=O)c1ccc(Cl)cc1)C(C)=O.CCOC(=O)CC(C)=O.CCOC(=O)c1cc(-c2ccc(Cl)cc2)n(-c2ccc(Cl)cc2)c1C.C[Si]1(C)CCNCC1.Cc1c(C(=O)N2CC[Si](C)(C)CC2)cc(-c2ccc(Cl)cc2)n1-c1ccc(Cl)cc1.Cc1c(C(=O)O)cc(-c2ccc(Cl)cc2)n1-c1ccc(Cl)cc1.Cl.Nc1ccc(Cl)cc1.O=C(CBr)c1ccc(Cl)cc1. The van der Waals surface area contributed by atoms with Crippen molar-refractivity contribution in [3.05, 3.63) is 327 Å². The molecule has 1 atom stereocenters. The van der Waals surface area contributed by atoms with Gasteiger partial charge in [0.25, 0.3) is 5.91 Å². The van der Waals surface area contributed by atoms with Crippen molar-refractivity contribution in [1.29, 1.82) is 0 Å². The van der Waals surface area contributed by atoms with Crippen molar-refractivity contribution in [3.8, 4) is 50.8 Å². The Morgan fingerprint density at radius 3 is 1.04 bits per heavy atom. The number of rotatable bonds is 21. The van der Waals surface area contributed by atoms with Crippen LogP contribution in [0.3, 0.4) is 0 Å².